The minimum Gasteiger partial charge on any atom is -0.497 e. The molecule has 2 aromatic carbocycles. The maximum absolute atomic E-state index is 13.2. The highest BCUT2D eigenvalue weighted by molar-refractivity contribution is 6.07. The normalized spacial score (nSPS) is 23.4. The fraction of sp³-hybridized carbons (Fsp3) is 0.364. The van der Waals surface area contributed by atoms with E-state index >= 15 is 0 Å². The lowest BCUT2D eigenvalue weighted by Gasteiger charge is -2.34. The van der Waals surface area contributed by atoms with E-state index in [-0.39, 0.29) is 17.9 Å². The summed E-state index contributed by atoms with van der Waals surface area (Å²) in [5.41, 5.74) is 2.00. The Morgan fingerprint density at radius 2 is 2.07 bits per heavy atom. The number of rotatable bonds is 4. The lowest BCUT2D eigenvalue weighted by molar-refractivity contribution is -0.133. The third-order valence-corrected chi connectivity index (χ3v) is 5.78. The molecular weight excluding hydrogens is 340 g/mol. The number of methoxy groups -OCH3 is 1. The molecule has 2 atom stereocenters. The van der Waals surface area contributed by atoms with Gasteiger partial charge in [0.05, 0.1) is 13.2 Å². The summed E-state index contributed by atoms with van der Waals surface area (Å²) in [6.07, 6.45) is 1.89. The quantitative estimate of drug-likeness (QED) is 0.901. The van der Waals surface area contributed by atoms with Gasteiger partial charge in [-0.3, -0.25) is 9.59 Å². The zero-order chi connectivity index (χ0) is 19.0. The average molecular weight is 364 g/mol. The third-order valence-electron chi connectivity index (χ3n) is 5.78. The van der Waals surface area contributed by atoms with E-state index in [4.69, 9.17) is 4.74 Å². The van der Waals surface area contributed by atoms with Crippen LogP contribution < -0.4 is 10.1 Å². The summed E-state index contributed by atoms with van der Waals surface area (Å²) in [5, 5.41) is 3.04. The van der Waals surface area contributed by atoms with Gasteiger partial charge in [0.2, 0.25) is 11.8 Å². The average Bonchev–Trinajstić information content (AvgIpc) is 3.22. The Morgan fingerprint density at radius 1 is 1.26 bits per heavy atom. The van der Waals surface area contributed by atoms with Gasteiger partial charge in [-0.25, -0.2) is 0 Å². The van der Waals surface area contributed by atoms with Crippen molar-refractivity contribution in [1.82, 2.24) is 4.90 Å². The number of ether oxygens (including phenoxy) is 1. The van der Waals surface area contributed by atoms with Crippen molar-refractivity contribution in [3.8, 4) is 5.75 Å². The number of carbonyl (C=O) groups excluding carboxylic acids is 2. The number of hydrogen-bond donors (Lipinski definition) is 1. The number of nitrogens with one attached hydrogen (secondary N) is 1. The first-order valence-corrected chi connectivity index (χ1v) is 9.46. The summed E-state index contributed by atoms with van der Waals surface area (Å²) in [4.78, 5) is 28.0. The molecule has 1 saturated heterocycles. The number of carbonyl (C=O) groups is 2. The van der Waals surface area contributed by atoms with Crippen LogP contribution in [0.25, 0.3) is 0 Å². The second-order valence-corrected chi connectivity index (χ2v) is 7.24. The molecule has 5 nitrogen and oxygen atoms in total. The number of amides is 2. The minimum atomic E-state index is -0.758. The summed E-state index contributed by atoms with van der Waals surface area (Å²) in [7, 11) is 1.63. The van der Waals surface area contributed by atoms with E-state index in [1.165, 1.54) is 0 Å². The highest BCUT2D eigenvalue weighted by Gasteiger charge is 2.59. The van der Waals surface area contributed by atoms with Crippen LogP contribution in [0.4, 0.5) is 5.69 Å². The zero-order valence-corrected chi connectivity index (χ0v) is 15.7. The molecule has 4 rings (SSSR count). The Kier molecular flexibility index (Phi) is 4.38. The lowest BCUT2D eigenvalue weighted by Crippen LogP contribution is -2.42. The molecule has 0 radical (unpaired) electrons. The largest absolute Gasteiger partial charge is 0.497 e. The molecule has 0 saturated carbocycles. The number of likely N-dealkylation sites (tertiary alicyclic amines) is 1. The van der Waals surface area contributed by atoms with E-state index in [1.807, 2.05) is 60.4 Å². The summed E-state index contributed by atoms with van der Waals surface area (Å²) >= 11 is 0. The number of para-hydroxylation sites is 1. The van der Waals surface area contributed by atoms with E-state index in [1.54, 1.807) is 7.11 Å². The van der Waals surface area contributed by atoms with Gasteiger partial charge in [-0.2, -0.15) is 0 Å². The van der Waals surface area contributed by atoms with Crippen LogP contribution in [-0.2, 0) is 15.0 Å². The third kappa shape index (κ3) is 2.60. The Bertz CT molecular complexity index is 895. The van der Waals surface area contributed by atoms with Gasteiger partial charge in [0, 0.05) is 18.7 Å². The SMILES string of the molecule is CCCC(=O)N1CC[C@]2(C(=O)Nc3ccccc32)[C@@H]1c1cccc(OC)c1. The molecule has 1 fully saturated rings. The Labute approximate surface area is 159 Å². The first-order chi connectivity index (χ1) is 13.1. The molecule has 1 spiro atoms. The van der Waals surface area contributed by atoms with E-state index in [0.717, 1.165) is 29.0 Å². The molecule has 0 bridgehead atoms. The van der Waals surface area contributed by atoms with E-state index in [0.29, 0.717) is 19.4 Å². The number of fused-ring (bicyclic) bond motifs is 2. The van der Waals surface area contributed by atoms with Crippen LogP contribution >= 0.6 is 0 Å². The highest BCUT2D eigenvalue weighted by Crippen LogP contribution is 2.55. The maximum atomic E-state index is 13.2. The van der Waals surface area contributed by atoms with Crippen molar-refractivity contribution in [3.05, 3.63) is 59.7 Å². The molecule has 2 aliphatic rings. The van der Waals surface area contributed by atoms with Gasteiger partial charge in [0.15, 0.2) is 0 Å². The van der Waals surface area contributed by atoms with Crippen LogP contribution in [-0.4, -0.2) is 30.4 Å². The van der Waals surface area contributed by atoms with Gasteiger partial charge in [-0.05, 0) is 42.2 Å². The molecular formula is C22H24N2O3. The second-order valence-electron chi connectivity index (χ2n) is 7.24. The molecule has 0 unspecified atom stereocenters. The number of anilines is 1. The first-order valence-electron chi connectivity index (χ1n) is 9.46. The van der Waals surface area contributed by atoms with Crippen molar-refractivity contribution in [3.63, 3.8) is 0 Å². The molecule has 27 heavy (non-hydrogen) atoms. The van der Waals surface area contributed by atoms with Gasteiger partial charge in [0.25, 0.3) is 0 Å². The molecule has 2 amide bonds. The molecule has 2 aromatic rings. The number of nitrogens with zero attached hydrogens (tertiary/aromatic N) is 1. The molecule has 0 aliphatic carbocycles. The monoisotopic (exact) mass is 364 g/mol. The van der Waals surface area contributed by atoms with E-state index < -0.39 is 5.41 Å². The molecule has 5 heteroatoms. The van der Waals surface area contributed by atoms with Crippen molar-refractivity contribution in [2.45, 2.75) is 37.6 Å². The van der Waals surface area contributed by atoms with Crippen molar-refractivity contribution in [1.29, 1.82) is 0 Å². The predicted molar refractivity (Wildman–Crippen MR) is 104 cm³/mol. The van der Waals surface area contributed by atoms with Crippen LogP contribution in [0.5, 0.6) is 5.75 Å². The molecule has 0 aromatic heterocycles. The predicted octanol–water partition coefficient (Wildman–Crippen LogP) is 3.66. The Hall–Kier alpha value is -2.82. The summed E-state index contributed by atoms with van der Waals surface area (Å²) < 4.78 is 5.40. The minimum absolute atomic E-state index is 0.0247. The smallest absolute Gasteiger partial charge is 0.237 e. The standard InChI is InChI=1S/C22H24N2O3/c1-3-7-19(25)24-13-12-22(17-10-4-5-11-18(17)23-21(22)26)20(24)15-8-6-9-16(14-15)27-2/h4-6,8-11,14,20H,3,7,12-13H2,1-2H3,(H,23,26)/t20-,22+/m0/s1. The van der Waals surface area contributed by atoms with Crippen LogP contribution in [0.3, 0.4) is 0 Å². The molecule has 2 aliphatic heterocycles. The van der Waals surface area contributed by atoms with Crippen molar-refractivity contribution >= 4 is 17.5 Å². The van der Waals surface area contributed by atoms with Crippen molar-refractivity contribution in [2.75, 3.05) is 19.0 Å². The number of hydrogen-bond acceptors (Lipinski definition) is 3. The van der Waals surface area contributed by atoms with Gasteiger partial charge in [0.1, 0.15) is 11.2 Å². The number of benzene rings is 2. The van der Waals surface area contributed by atoms with E-state index in [9.17, 15) is 9.59 Å². The topological polar surface area (TPSA) is 58.6 Å². The zero-order valence-electron chi connectivity index (χ0n) is 15.7. The maximum Gasteiger partial charge on any atom is 0.237 e. The van der Waals surface area contributed by atoms with Gasteiger partial charge < -0.3 is 15.0 Å². The van der Waals surface area contributed by atoms with Crippen molar-refractivity contribution < 1.29 is 14.3 Å². The second kappa shape index (κ2) is 6.72. The summed E-state index contributed by atoms with van der Waals surface area (Å²) in [5.74, 6) is 0.798. The molecule has 1 N–H and O–H groups in total. The molecule has 140 valence electrons. The van der Waals surface area contributed by atoms with Crippen LogP contribution in [0.2, 0.25) is 0 Å². The van der Waals surface area contributed by atoms with Crippen LogP contribution in [0.1, 0.15) is 43.4 Å². The summed E-state index contributed by atoms with van der Waals surface area (Å²) in [6, 6.07) is 15.2. The van der Waals surface area contributed by atoms with Gasteiger partial charge >= 0.3 is 0 Å². The highest BCUT2D eigenvalue weighted by atomic mass is 16.5. The Morgan fingerprint density at radius 3 is 2.85 bits per heavy atom. The van der Waals surface area contributed by atoms with Gasteiger partial charge in [-0.1, -0.05) is 37.3 Å². The fourth-order valence-corrected chi connectivity index (χ4v) is 4.59. The lowest BCUT2D eigenvalue weighted by atomic mass is 9.72. The fourth-order valence-electron chi connectivity index (χ4n) is 4.59. The molecule has 2 heterocycles. The van der Waals surface area contributed by atoms with Crippen LogP contribution in [0.15, 0.2) is 48.5 Å². The summed E-state index contributed by atoms with van der Waals surface area (Å²) in [6.45, 7) is 2.57. The Balaban J connectivity index is 1.88. The van der Waals surface area contributed by atoms with Crippen LogP contribution in [0, 0.1) is 0 Å². The first kappa shape index (κ1) is 17.6. The van der Waals surface area contributed by atoms with E-state index in [2.05, 4.69) is 5.32 Å². The van der Waals surface area contributed by atoms with Gasteiger partial charge in [-0.15, -0.1) is 0 Å². The van der Waals surface area contributed by atoms with Crippen molar-refractivity contribution in [2.24, 2.45) is 0 Å².